The maximum atomic E-state index is 13.1. The normalized spacial score (nSPS) is 22.0. The number of aliphatic hydroxyl groups excluding tert-OH is 1. The number of rotatable bonds is 4. The first-order valence-corrected chi connectivity index (χ1v) is 12.0. The average molecular weight is 450 g/mol. The third-order valence-electron chi connectivity index (χ3n) is 5.65. The minimum atomic E-state index is -4.06. The fraction of sp³-hybridized carbons (Fsp3) is 0.500. The van der Waals surface area contributed by atoms with Gasteiger partial charge < -0.3 is 20.4 Å². The Balaban J connectivity index is 0.000000391. The molecule has 1 unspecified atom stereocenters. The van der Waals surface area contributed by atoms with Crippen LogP contribution in [0.1, 0.15) is 25.7 Å². The second kappa shape index (κ2) is 9.95. The number of carboxylic acids is 1. The highest BCUT2D eigenvalue weighted by molar-refractivity contribution is 7.89. The molecule has 3 N–H and O–H groups in total. The molecule has 0 aromatic heterocycles. The molecule has 4 rings (SSSR count). The van der Waals surface area contributed by atoms with Gasteiger partial charge in [-0.1, -0.05) is 30.7 Å². The van der Waals surface area contributed by atoms with Crippen LogP contribution >= 0.6 is 0 Å². The van der Waals surface area contributed by atoms with Crippen LogP contribution in [0.2, 0.25) is 0 Å². The van der Waals surface area contributed by atoms with Crippen LogP contribution in [0.15, 0.2) is 41.3 Å². The fourth-order valence-electron chi connectivity index (χ4n) is 4.08. The first-order valence-electron chi connectivity index (χ1n) is 10.6. The molecule has 0 spiro atoms. The molecule has 0 amide bonds. The number of aliphatic carboxylic acids is 1. The number of benzene rings is 2. The first-order chi connectivity index (χ1) is 14.7. The van der Waals surface area contributed by atoms with Gasteiger partial charge in [0.05, 0.1) is 11.0 Å². The Morgan fingerprint density at radius 2 is 1.71 bits per heavy atom. The van der Waals surface area contributed by atoms with Gasteiger partial charge in [-0.15, -0.1) is 0 Å². The highest BCUT2D eigenvalue weighted by atomic mass is 32.2. The molecule has 0 aliphatic carbocycles. The van der Waals surface area contributed by atoms with Gasteiger partial charge >= 0.3 is 5.97 Å². The summed E-state index contributed by atoms with van der Waals surface area (Å²) in [5, 5.41) is 23.7. The second-order valence-electron chi connectivity index (χ2n) is 8.15. The van der Waals surface area contributed by atoms with Gasteiger partial charge in [0.15, 0.2) is 0 Å². The largest absolute Gasteiger partial charge is 0.480 e. The van der Waals surface area contributed by atoms with Crippen molar-refractivity contribution in [3.05, 3.63) is 36.4 Å². The molecule has 0 bridgehead atoms. The summed E-state index contributed by atoms with van der Waals surface area (Å²) in [6.45, 7) is 2.28. The number of hydrogen-bond acceptors (Lipinski definition) is 6. The van der Waals surface area contributed by atoms with Gasteiger partial charge in [-0.2, -0.15) is 4.31 Å². The zero-order chi connectivity index (χ0) is 22.6. The topological polar surface area (TPSA) is 110 Å². The van der Waals surface area contributed by atoms with Gasteiger partial charge in [0, 0.05) is 43.5 Å². The van der Waals surface area contributed by atoms with Crippen molar-refractivity contribution in [1.82, 2.24) is 9.62 Å². The molecule has 2 saturated heterocycles. The SMILES string of the molecule is C1CCNCC1.CN(C)c1cccc2c(S(=O)(=O)N3CC(O)C[C@H]3C(=O)O)cccc12. The van der Waals surface area contributed by atoms with Crippen molar-refractivity contribution in [1.29, 1.82) is 0 Å². The summed E-state index contributed by atoms with van der Waals surface area (Å²) >= 11 is 0. The zero-order valence-electron chi connectivity index (χ0n) is 18.0. The van der Waals surface area contributed by atoms with Crippen molar-refractivity contribution >= 4 is 32.5 Å². The number of nitrogens with one attached hydrogen (secondary N) is 1. The lowest BCUT2D eigenvalue weighted by molar-refractivity contribution is -0.140. The molecule has 2 aliphatic rings. The van der Waals surface area contributed by atoms with Crippen LogP contribution in [0.4, 0.5) is 5.69 Å². The molecule has 170 valence electrons. The second-order valence-corrected chi connectivity index (χ2v) is 10.0. The highest BCUT2D eigenvalue weighted by Gasteiger charge is 2.44. The van der Waals surface area contributed by atoms with Gasteiger partial charge in [-0.3, -0.25) is 4.79 Å². The number of β-amino-alcohol motifs (C(OH)–C–C–N with tert-alkyl or cyclic N) is 1. The Morgan fingerprint density at radius 1 is 1.06 bits per heavy atom. The van der Waals surface area contributed by atoms with Crippen LogP contribution in [0, 0.1) is 0 Å². The smallest absolute Gasteiger partial charge is 0.322 e. The van der Waals surface area contributed by atoms with Gasteiger partial charge in [-0.25, -0.2) is 8.42 Å². The van der Waals surface area contributed by atoms with Crippen molar-refractivity contribution in [3.8, 4) is 0 Å². The predicted octanol–water partition coefficient (Wildman–Crippen LogP) is 1.87. The van der Waals surface area contributed by atoms with E-state index in [1.165, 1.54) is 38.4 Å². The Morgan fingerprint density at radius 3 is 2.26 bits per heavy atom. The van der Waals surface area contributed by atoms with Crippen LogP contribution in [0.25, 0.3) is 10.8 Å². The Bertz CT molecular complexity index is 1010. The Hall–Kier alpha value is -2.20. The Labute approximate surface area is 183 Å². The van der Waals surface area contributed by atoms with Gasteiger partial charge in [-0.05, 0) is 38.1 Å². The van der Waals surface area contributed by atoms with E-state index in [0.29, 0.717) is 5.39 Å². The van der Waals surface area contributed by atoms with Gasteiger partial charge in [0.2, 0.25) is 10.0 Å². The molecule has 2 fully saturated rings. The predicted molar refractivity (Wildman–Crippen MR) is 121 cm³/mol. The summed E-state index contributed by atoms with van der Waals surface area (Å²) < 4.78 is 27.1. The molecule has 2 aliphatic heterocycles. The van der Waals surface area contributed by atoms with E-state index in [9.17, 15) is 23.4 Å². The van der Waals surface area contributed by atoms with Crippen molar-refractivity contribution in [2.24, 2.45) is 0 Å². The Kier molecular flexibility index (Phi) is 7.53. The summed E-state index contributed by atoms with van der Waals surface area (Å²) in [6.07, 6.45) is 3.12. The lowest BCUT2D eigenvalue weighted by Crippen LogP contribution is -2.40. The number of nitrogens with zero attached hydrogens (tertiary/aromatic N) is 2. The maximum absolute atomic E-state index is 13.1. The molecule has 9 heteroatoms. The minimum absolute atomic E-state index is 0.0500. The summed E-state index contributed by atoms with van der Waals surface area (Å²) in [4.78, 5) is 13.4. The average Bonchev–Trinajstić information content (AvgIpc) is 3.17. The number of piperidine rings is 1. The minimum Gasteiger partial charge on any atom is -0.480 e. The molecule has 0 radical (unpaired) electrons. The van der Waals surface area contributed by atoms with Gasteiger partial charge in [0.1, 0.15) is 6.04 Å². The molecular weight excluding hydrogens is 418 g/mol. The lowest BCUT2D eigenvalue weighted by atomic mass is 10.1. The molecule has 31 heavy (non-hydrogen) atoms. The van der Waals surface area contributed by atoms with Crippen molar-refractivity contribution in [2.45, 2.75) is 42.7 Å². The lowest BCUT2D eigenvalue weighted by Gasteiger charge is -2.22. The number of anilines is 1. The van der Waals surface area contributed by atoms with Crippen molar-refractivity contribution in [3.63, 3.8) is 0 Å². The van der Waals surface area contributed by atoms with Crippen LogP contribution < -0.4 is 10.2 Å². The van der Waals surface area contributed by atoms with E-state index in [1.807, 2.05) is 31.1 Å². The van der Waals surface area contributed by atoms with Crippen molar-refractivity contribution in [2.75, 3.05) is 38.6 Å². The summed E-state index contributed by atoms with van der Waals surface area (Å²) in [5.41, 5.74) is 0.866. The highest BCUT2D eigenvalue weighted by Crippen LogP contribution is 2.34. The number of hydrogen-bond donors (Lipinski definition) is 3. The quantitative estimate of drug-likeness (QED) is 0.654. The van der Waals surface area contributed by atoms with Gasteiger partial charge in [0.25, 0.3) is 0 Å². The van der Waals surface area contributed by atoms with E-state index < -0.39 is 28.1 Å². The molecule has 2 aromatic rings. The van der Waals surface area contributed by atoms with E-state index in [0.717, 1.165) is 15.4 Å². The maximum Gasteiger partial charge on any atom is 0.322 e. The number of sulfonamides is 1. The number of aliphatic hydroxyl groups is 1. The molecule has 2 heterocycles. The fourth-order valence-corrected chi connectivity index (χ4v) is 5.92. The number of fused-ring (bicyclic) bond motifs is 1. The van der Waals surface area contributed by atoms with E-state index in [4.69, 9.17) is 0 Å². The summed E-state index contributed by atoms with van der Waals surface area (Å²) in [7, 11) is -0.324. The van der Waals surface area contributed by atoms with Crippen molar-refractivity contribution < 1.29 is 23.4 Å². The summed E-state index contributed by atoms with van der Waals surface area (Å²) in [6, 6.07) is 9.05. The van der Waals surface area contributed by atoms with E-state index >= 15 is 0 Å². The third-order valence-corrected chi connectivity index (χ3v) is 7.59. The van der Waals surface area contributed by atoms with Crippen LogP contribution in [-0.4, -0.2) is 74.8 Å². The molecule has 2 aromatic carbocycles. The van der Waals surface area contributed by atoms with Crippen LogP contribution in [0.5, 0.6) is 0 Å². The van der Waals surface area contributed by atoms with E-state index in [1.54, 1.807) is 18.2 Å². The van der Waals surface area contributed by atoms with E-state index in [2.05, 4.69) is 5.32 Å². The molecular formula is C22H31N3O5S. The number of carbonyl (C=O) groups is 1. The van der Waals surface area contributed by atoms with E-state index in [-0.39, 0.29) is 17.9 Å². The van der Waals surface area contributed by atoms with Crippen LogP contribution in [0.3, 0.4) is 0 Å². The molecule has 0 saturated carbocycles. The summed E-state index contributed by atoms with van der Waals surface area (Å²) in [5.74, 6) is -1.26. The zero-order valence-corrected chi connectivity index (χ0v) is 18.8. The molecule has 2 atom stereocenters. The number of carboxylic acid groups (broad SMARTS) is 1. The molecule has 8 nitrogen and oxygen atoms in total. The standard InChI is InChI=1S/C17H20N2O5S.C5H11N/c1-18(2)14-7-3-6-13-12(14)5-4-8-16(13)25(23,24)19-10-11(20)9-15(19)17(21)22;1-2-4-6-5-3-1/h3-8,11,15,20H,9-10H2,1-2H3,(H,21,22);6H,1-5H2/t11?,15-;/m0./s1. The van der Waals surface area contributed by atoms with Crippen LogP contribution in [-0.2, 0) is 14.8 Å². The monoisotopic (exact) mass is 449 g/mol. The third kappa shape index (κ3) is 5.17. The first kappa shape index (κ1) is 23.5.